The summed E-state index contributed by atoms with van der Waals surface area (Å²) in [6.45, 7) is 4.18. The van der Waals surface area contributed by atoms with Crippen molar-refractivity contribution in [1.29, 1.82) is 0 Å². The average Bonchev–Trinajstić information content (AvgIpc) is 2.34. The van der Waals surface area contributed by atoms with E-state index in [0.29, 0.717) is 24.6 Å². The summed E-state index contributed by atoms with van der Waals surface area (Å²) in [5, 5.41) is 0. The van der Waals surface area contributed by atoms with Gasteiger partial charge >= 0.3 is 0 Å². The number of rotatable bonds is 7. The number of nitrogens with zero attached hydrogens (tertiary/aromatic N) is 1. The van der Waals surface area contributed by atoms with Gasteiger partial charge < -0.3 is 25.8 Å². The molecule has 1 unspecified atom stereocenters. The van der Waals surface area contributed by atoms with E-state index in [0.717, 1.165) is 12.2 Å². The molecule has 0 saturated heterocycles. The zero-order chi connectivity index (χ0) is 13.5. The van der Waals surface area contributed by atoms with Crippen molar-refractivity contribution < 1.29 is 9.47 Å². The summed E-state index contributed by atoms with van der Waals surface area (Å²) in [6.07, 6.45) is 0. The van der Waals surface area contributed by atoms with E-state index in [1.807, 2.05) is 18.2 Å². The van der Waals surface area contributed by atoms with Crippen LogP contribution < -0.4 is 16.4 Å². The fourth-order valence-electron chi connectivity index (χ4n) is 1.87. The second kappa shape index (κ2) is 7.08. The van der Waals surface area contributed by atoms with Gasteiger partial charge in [0.1, 0.15) is 0 Å². The van der Waals surface area contributed by atoms with Gasteiger partial charge in [-0.15, -0.1) is 0 Å². The molecule has 0 radical (unpaired) electrons. The van der Waals surface area contributed by atoms with Crippen molar-refractivity contribution in [3.05, 3.63) is 18.2 Å². The van der Waals surface area contributed by atoms with Gasteiger partial charge in [-0.25, -0.2) is 0 Å². The first-order chi connectivity index (χ1) is 8.60. The highest BCUT2D eigenvalue weighted by Gasteiger charge is 2.14. The van der Waals surface area contributed by atoms with Crippen LogP contribution in [0.4, 0.5) is 17.1 Å². The zero-order valence-corrected chi connectivity index (χ0v) is 11.3. The molecule has 0 amide bonds. The van der Waals surface area contributed by atoms with Crippen molar-refractivity contribution in [2.45, 2.75) is 13.0 Å². The maximum atomic E-state index is 5.85. The summed E-state index contributed by atoms with van der Waals surface area (Å²) in [5.74, 6) is 0. The van der Waals surface area contributed by atoms with E-state index in [4.69, 9.17) is 20.9 Å². The Hall–Kier alpha value is -1.46. The topological polar surface area (TPSA) is 73.7 Å². The van der Waals surface area contributed by atoms with E-state index in [9.17, 15) is 0 Å². The lowest BCUT2D eigenvalue weighted by atomic mass is 10.2. The molecule has 1 aromatic rings. The molecule has 18 heavy (non-hydrogen) atoms. The highest BCUT2D eigenvalue weighted by Crippen LogP contribution is 2.24. The van der Waals surface area contributed by atoms with Crippen LogP contribution in [0.1, 0.15) is 6.92 Å². The smallest absolute Gasteiger partial charge is 0.0663 e. The predicted molar refractivity (Wildman–Crippen MR) is 75.8 cm³/mol. The molecule has 1 aromatic carbocycles. The summed E-state index contributed by atoms with van der Waals surface area (Å²) in [6, 6.07) is 5.92. The number of nitrogens with two attached hydrogens (primary N) is 2. The van der Waals surface area contributed by atoms with Gasteiger partial charge in [-0.3, -0.25) is 0 Å². The van der Waals surface area contributed by atoms with Gasteiger partial charge in [0.2, 0.25) is 0 Å². The van der Waals surface area contributed by atoms with Crippen molar-refractivity contribution in [3.8, 4) is 0 Å². The molecular weight excluding hydrogens is 230 g/mol. The normalized spacial score (nSPS) is 12.4. The second-order valence-electron chi connectivity index (χ2n) is 4.30. The molecule has 4 N–H and O–H groups in total. The number of hydrogen-bond donors (Lipinski definition) is 2. The van der Waals surface area contributed by atoms with Crippen molar-refractivity contribution in [1.82, 2.24) is 0 Å². The van der Waals surface area contributed by atoms with Crippen LogP contribution in [0.15, 0.2) is 18.2 Å². The molecular formula is C13H23N3O2. The third kappa shape index (κ3) is 3.78. The molecule has 0 saturated carbocycles. The Labute approximate surface area is 109 Å². The fourth-order valence-corrected chi connectivity index (χ4v) is 1.87. The molecule has 0 bridgehead atoms. The second-order valence-corrected chi connectivity index (χ2v) is 4.30. The Morgan fingerprint density at radius 3 is 2.44 bits per heavy atom. The van der Waals surface area contributed by atoms with Gasteiger partial charge in [-0.2, -0.15) is 0 Å². The molecule has 0 aromatic heterocycles. The number of anilines is 3. The number of ether oxygens (including phenoxy) is 2. The highest BCUT2D eigenvalue weighted by molar-refractivity contribution is 5.70. The maximum absolute atomic E-state index is 5.85. The molecule has 0 aliphatic heterocycles. The summed E-state index contributed by atoms with van der Waals surface area (Å²) in [7, 11) is 3.39. The standard InChI is InChI=1S/C13H23N3O2/c1-10(9-18-3)16(6-7-17-2)11-4-5-12(14)13(15)8-11/h4-5,8,10H,6-7,9,14-15H2,1-3H3. The molecule has 0 fully saturated rings. The van der Waals surface area contributed by atoms with Crippen LogP contribution in [0, 0.1) is 0 Å². The van der Waals surface area contributed by atoms with Crippen LogP contribution in [0.5, 0.6) is 0 Å². The van der Waals surface area contributed by atoms with Crippen molar-refractivity contribution >= 4 is 17.1 Å². The van der Waals surface area contributed by atoms with Crippen LogP contribution in [-0.4, -0.2) is 40.0 Å². The molecule has 102 valence electrons. The summed E-state index contributed by atoms with van der Waals surface area (Å²) < 4.78 is 10.3. The van der Waals surface area contributed by atoms with E-state index < -0.39 is 0 Å². The molecule has 0 aliphatic carbocycles. The van der Waals surface area contributed by atoms with Crippen LogP contribution in [0.25, 0.3) is 0 Å². The van der Waals surface area contributed by atoms with E-state index in [1.165, 1.54) is 0 Å². The minimum Gasteiger partial charge on any atom is -0.397 e. The molecule has 1 rings (SSSR count). The van der Waals surface area contributed by atoms with Gasteiger partial charge in [0.15, 0.2) is 0 Å². The summed E-state index contributed by atoms with van der Waals surface area (Å²) in [4.78, 5) is 2.20. The van der Waals surface area contributed by atoms with Gasteiger partial charge in [0.25, 0.3) is 0 Å². The summed E-state index contributed by atoms with van der Waals surface area (Å²) >= 11 is 0. The van der Waals surface area contributed by atoms with Crippen LogP contribution >= 0.6 is 0 Å². The Bertz CT molecular complexity index is 371. The third-order valence-electron chi connectivity index (χ3n) is 2.88. The summed E-state index contributed by atoms with van der Waals surface area (Å²) in [5.41, 5.74) is 13.8. The van der Waals surface area contributed by atoms with E-state index in [2.05, 4.69) is 11.8 Å². The van der Waals surface area contributed by atoms with E-state index in [1.54, 1.807) is 14.2 Å². The van der Waals surface area contributed by atoms with E-state index in [-0.39, 0.29) is 6.04 Å². The molecule has 5 nitrogen and oxygen atoms in total. The Morgan fingerprint density at radius 1 is 1.17 bits per heavy atom. The number of hydrogen-bond acceptors (Lipinski definition) is 5. The first kappa shape index (κ1) is 14.6. The first-order valence-corrected chi connectivity index (χ1v) is 5.99. The lowest BCUT2D eigenvalue weighted by Gasteiger charge is -2.31. The first-order valence-electron chi connectivity index (χ1n) is 5.99. The Balaban J connectivity index is 2.89. The molecule has 0 heterocycles. The predicted octanol–water partition coefficient (Wildman–Crippen LogP) is 1.34. The zero-order valence-electron chi connectivity index (χ0n) is 11.3. The monoisotopic (exact) mass is 253 g/mol. The van der Waals surface area contributed by atoms with Crippen molar-refractivity contribution in [3.63, 3.8) is 0 Å². The molecule has 5 heteroatoms. The largest absolute Gasteiger partial charge is 0.397 e. The lowest BCUT2D eigenvalue weighted by molar-refractivity contribution is 0.171. The molecule has 0 aliphatic rings. The van der Waals surface area contributed by atoms with Gasteiger partial charge in [0.05, 0.1) is 24.6 Å². The van der Waals surface area contributed by atoms with Gasteiger partial charge in [-0.1, -0.05) is 0 Å². The lowest BCUT2D eigenvalue weighted by Crippen LogP contribution is -2.38. The highest BCUT2D eigenvalue weighted by atomic mass is 16.5. The minimum atomic E-state index is 0.244. The van der Waals surface area contributed by atoms with Gasteiger partial charge in [-0.05, 0) is 25.1 Å². The van der Waals surface area contributed by atoms with Crippen LogP contribution in [0.2, 0.25) is 0 Å². The fraction of sp³-hybridized carbons (Fsp3) is 0.538. The minimum absolute atomic E-state index is 0.244. The Morgan fingerprint density at radius 2 is 1.89 bits per heavy atom. The molecule has 0 spiro atoms. The number of methoxy groups -OCH3 is 2. The van der Waals surface area contributed by atoms with Crippen molar-refractivity contribution in [2.75, 3.05) is 50.3 Å². The Kier molecular flexibility index (Phi) is 5.74. The maximum Gasteiger partial charge on any atom is 0.0663 e. The third-order valence-corrected chi connectivity index (χ3v) is 2.88. The van der Waals surface area contributed by atoms with Crippen LogP contribution in [-0.2, 0) is 9.47 Å². The number of benzene rings is 1. The quantitative estimate of drug-likeness (QED) is 0.717. The van der Waals surface area contributed by atoms with Crippen molar-refractivity contribution in [2.24, 2.45) is 0 Å². The average molecular weight is 253 g/mol. The van der Waals surface area contributed by atoms with E-state index >= 15 is 0 Å². The number of nitrogen functional groups attached to an aromatic ring is 2. The van der Waals surface area contributed by atoms with Crippen LogP contribution in [0.3, 0.4) is 0 Å². The van der Waals surface area contributed by atoms with Gasteiger partial charge in [0, 0.05) is 32.5 Å². The SMILES string of the molecule is COCCN(c1ccc(N)c(N)c1)C(C)COC. The molecule has 1 atom stereocenters.